The third-order valence-electron chi connectivity index (χ3n) is 4.31. The van der Waals surface area contributed by atoms with Gasteiger partial charge in [-0.3, -0.25) is 4.18 Å². The van der Waals surface area contributed by atoms with Crippen LogP contribution in [0.4, 0.5) is 0 Å². The zero-order valence-electron chi connectivity index (χ0n) is 18.0. The van der Waals surface area contributed by atoms with Crippen LogP contribution in [0.15, 0.2) is 69.7 Å². The molecule has 0 spiro atoms. The van der Waals surface area contributed by atoms with E-state index >= 15 is 0 Å². The fraction of sp³-hybridized carbons (Fsp3) is 0.217. The number of benzene rings is 2. The molecule has 1 N–H and O–H groups in total. The van der Waals surface area contributed by atoms with E-state index in [0.717, 1.165) is 22.9 Å². The van der Waals surface area contributed by atoms with Crippen LogP contribution < -0.4 is 0 Å². The van der Waals surface area contributed by atoms with Gasteiger partial charge in [-0.2, -0.15) is 8.42 Å². The number of nitrogens with zero attached hydrogens (tertiary/aromatic N) is 2. The topological polar surface area (TPSA) is 116 Å². The van der Waals surface area contributed by atoms with Gasteiger partial charge in [0.05, 0.1) is 12.9 Å². The second-order valence-corrected chi connectivity index (χ2v) is 8.87. The van der Waals surface area contributed by atoms with Gasteiger partial charge in [0.15, 0.2) is 11.5 Å². The summed E-state index contributed by atoms with van der Waals surface area (Å²) in [6, 6.07) is 19.1. The molecule has 8 nitrogen and oxygen atoms in total. The third-order valence-corrected chi connectivity index (χ3v) is 4.85. The van der Waals surface area contributed by atoms with E-state index in [-0.39, 0.29) is 13.2 Å². The van der Waals surface area contributed by atoms with E-state index in [1.54, 1.807) is 12.1 Å². The summed E-state index contributed by atoms with van der Waals surface area (Å²) in [4.78, 5) is 0. The van der Waals surface area contributed by atoms with E-state index in [9.17, 15) is 8.42 Å². The predicted molar refractivity (Wildman–Crippen MR) is 119 cm³/mol. The van der Waals surface area contributed by atoms with Crippen LogP contribution in [-0.2, 0) is 27.5 Å². The maximum absolute atomic E-state index is 10.8. The monoisotopic (exact) mass is 456 g/mol. The van der Waals surface area contributed by atoms with Crippen molar-refractivity contribution in [1.29, 1.82) is 0 Å². The number of aliphatic hydroxyl groups excluding tert-OH is 1. The van der Waals surface area contributed by atoms with Gasteiger partial charge >= 0.3 is 0 Å². The molecule has 4 rings (SSSR count). The summed E-state index contributed by atoms with van der Waals surface area (Å²) in [7, 11) is -3.47. The Bertz CT molecular complexity index is 1280. The number of rotatable bonds is 6. The van der Waals surface area contributed by atoms with E-state index in [4.69, 9.17) is 14.2 Å². The van der Waals surface area contributed by atoms with Gasteiger partial charge in [0, 0.05) is 23.3 Å². The second kappa shape index (κ2) is 10.4. The molecule has 0 radical (unpaired) electrons. The maximum atomic E-state index is 10.8. The summed E-state index contributed by atoms with van der Waals surface area (Å²) in [5.74, 6) is 1.28. The van der Waals surface area contributed by atoms with E-state index in [1.165, 1.54) is 5.56 Å². The highest BCUT2D eigenvalue weighted by molar-refractivity contribution is 7.85. The van der Waals surface area contributed by atoms with Crippen LogP contribution in [0.1, 0.15) is 22.5 Å². The van der Waals surface area contributed by atoms with Gasteiger partial charge in [0.2, 0.25) is 0 Å². The van der Waals surface area contributed by atoms with E-state index < -0.39 is 10.1 Å². The lowest BCUT2D eigenvalue weighted by molar-refractivity contribution is 0.267. The first-order valence-corrected chi connectivity index (χ1v) is 11.6. The average molecular weight is 457 g/mol. The Kier molecular flexibility index (Phi) is 7.57. The van der Waals surface area contributed by atoms with Crippen molar-refractivity contribution in [2.45, 2.75) is 27.1 Å². The summed E-state index contributed by atoms with van der Waals surface area (Å²) in [5, 5.41) is 16.3. The number of aliphatic hydroxyl groups is 1. The van der Waals surface area contributed by atoms with Crippen LogP contribution in [0.3, 0.4) is 0 Å². The van der Waals surface area contributed by atoms with Crippen molar-refractivity contribution in [3.05, 3.63) is 83.2 Å². The number of hydrogen-bond acceptors (Lipinski definition) is 8. The molecule has 0 aliphatic heterocycles. The van der Waals surface area contributed by atoms with Crippen molar-refractivity contribution in [3.63, 3.8) is 0 Å². The number of aromatic nitrogens is 2. The molecule has 2 aromatic heterocycles. The smallest absolute Gasteiger partial charge is 0.264 e. The second-order valence-electron chi connectivity index (χ2n) is 7.23. The van der Waals surface area contributed by atoms with Crippen molar-refractivity contribution in [2.75, 3.05) is 6.26 Å². The molecular weight excluding hydrogens is 432 g/mol. The third kappa shape index (κ3) is 6.88. The van der Waals surface area contributed by atoms with Gasteiger partial charge in [0.25, 0.3) is 10.1 Å². The Morgan fingerprint density at radius 1 is 0.844 bits per heavy atom. The van der Waals surface area contributed by atoms with Crippen LogP contribution in [0.5, 0.6) is 0 Å². The quantitative estimate of drug-likeness (QED) is 0.428. The maximum Gasteiger partial charge on any atom is 0.264 e. The molecule has 168 valence electrons. The molecule has 0 aliphatic rings. The number of aryl methyl sites for hydroxylation is 2. The molecule has 0 bridgehead atoms. The average Bonchev–Trinajstić information content (AvgIpc) is 3.42. The van der Waals surface area contributed by atoms with Gasteiger partial charge in [-0.05, 0) is 26.0 Å². The van der Waals surface area contributed by atoms with Crippen molar-refractivity contribution in [3.8, 4) is 22.6 Å². The number of hydrogen-bond donors (Lipinski definition) is 1. The van der Waals surface area contributed by atoms with Crippen LogP contribution in [-0.4, -0.2) is 30.1 Å². The van der Waals surface area contributed by atoms with Gasteiger partial charge in [-0.15, -0.1) is 0 Å². The van der Waals surface area contributed by atoms with Crippen LogP contribution in [0, 0.1) is 13.8 Å². The highest BCUT2D eigenvalue weighted by Crippen LogP contribution is 2.22. The largest absolute Gasteiger partial charge is 0.390 e. The zero-order valence-corrected chi connectivity index (χ0v) is 18.8. The highest BCUT2D eigenvalue weighted by Gasteiger charge is 2.10. The lowest BCUT2D eigenvalue weighted by Gasteiger charge is -1.96. The molecule has 2 aromatic carbocycles. The summed E-state index contributed by atoms with van der Waals surface area (Å²) in [6.45, 7) is 3.80. The Morgan fingerprint density at radius 2 is 1.34 bits per heavy atom. The summed E-state index contributed by atoms with van der Waals surface area (Å²) in [5.41, 5.74) is 5.16. The minimum absolute atomic E-state index is 0.0880. The van der Waals surface area contributed by atoms with Gasteiger partial charge in [0.1, 0.15) is 18.0 Å². The molecule has 0 atom stereocenters. The molecule has 9 heteroatoms. The first-order chi connectivity index (χ1) is 15.2. The zero-order chi connectivity index (χ0) is 23.1. The molecule has 2 heterocycles. The van der Waals surface area contributed by atoms with Crippen molar-refractivity contribution in [1.82, 2.24) is 10.3 Å². The first kappa shape index (κ1) is 23.4. The lowest BCUT2D eigenvalue weighted by Crippen LogP contribution is -2.02. The molecule has 0 aliphatic carbocycles. The minimum Gasteiger partial charge on any atom is -0.390 e. The normalized spacial score (nSPS) is 11.1. The molecule has 0 unspecified atom stereocenters. The lowest BCUT2D eigenvalue weighted by atomic mass is 10.1. The fourth-order valence-electron chi connectivity index (χ4n) is 2.80. The Labute approximate surface area is 186 Å². The van der Waals surface area contributed by atoms with Crippen LogP contribution in [0.25, 0.3) is 22.6 Å². The van der Waals surface area contributed by atoms with E-state index in [1.807, 2.05) is 62.4 Å². The SMILES string of the molecule is Cc1cccc(-c2cc(CO)no2)c1.Cc1cccc(-c2cc(COS(C)(=O)=O)no2)c1. The fourth-order valence-corrected chi connectivity index (χ4v) is 3.14. The van der Waals surface area contributed by atoms with Gasteiger partial charge < -0.3 is 14.2 Å². The molecule has 4 aromatic rings. The van der Waals surface area contributed by atoms with Crippen molar-refractivity contribution >= 4 is 10.1 Å². The standard InChI is InChI=1S/C12H13NO4S.C11H11NO2/c1-9-4-3-5-10(6-9)12-7-11(13-17-12)8-16-18(2,14)15;1-8-3-2-4-9(5-8)11-6-10(7-13)12-14-11/h3-7H,8H2,1-2H3;2-6,13H,7H2,1H3. The van der Waals surface area contributed by atoms with Crippen LogP contribution >= 0.6 is 0 Å². The summed E-state index contributed by atoms with van der Waals surface area (Å²) in [6.07, 6.45) is 0.995. The van der Waals surface area contributed by atoms with E-state index in [2.05, 4.69) is 14.5 Å². The minimum atomic E-state index is -3.47. The molecule has 0 amide bonds. The Balaban J connectivity index is 0.000000186. The van der Waals surface area contributed by atoms with Crippen molar-refractivity contribution < 1.29 is 26.8 Å². The van der Waals surface area contributed by atoms with Gasteiger partial charge in [-0.1, -0.05) is 57.8 Å². The van der Waals surface area contributed by atoms with E-state index in [0.29, 0.717) is 22.9 Å². The first-order valence-electron chi connectivity index (χ1n) is 9.74. The Hall–Kier alpha value is -3.27. The predicted octanol–water partition coefficient (Wildman–Crippen LogP) is 4.27. The van der Waals surface area contributed by atoms with Gasteiger partial charge in [-0.25, -0.2) is 0 Å². The Morgan fingerprint density at radius 3 is 1.78 bits per heavy atom. The molecule has 32 heavy (non-hydrogen) atoms. The molecular formula is C23H24N2O6S. The molecule has 0 saturated heterocycles. The molecule has 0 fully saturated rings. The summed E-state index contributed by atoms with van der Waals surface area (Å²) >= 11 is 0. The summed E-state index contributed by atoms with van der Waals surface area (Å²) < 4.78 is 36.6. The van der Waals surface area contributed by atoms with Crippen molar-refractivity contribution in [2.24, 2.45) is 0 Å². The van der Waals surface area contributed by atoms with Crippen LogP contribution in [0.2, 0.25) is 0 Å². The molecule has 0 saturated carbocycles. The highest BCUT2D eigenvalue weighted by atomic mass is 32.2.